The van der Waals surface area contributed by atoms with Gasteiger partial charge in [-0.3, -0.25) is 9.80 Å². The van der Waals surface area contributed by atoms with Gasteiger partial charge >= 0.3 is 0 Å². The summed E-state index contributed by atoms with van der Waals surface area (Å²) in [4.78, 5) is 4.92. The van der Waals surface area contributed by atoms with Crippen molar-refractivity contribution >= 4 is 0 Å². The Kier molecular flexibility index (Phi) is 5.64. The Morgan fingerprint density at radius 1 is 1.17 bits per heavy atom. The van der Waals surface area contributed by atoms with Crippen molar-refractivity contribution in [3.8, 4) is 11.8 Å². The second-order valence-corrected chi connectivity index (χ2v) is 7.65. The van der Waals surface area contributed by atoms with Crippen LogP contribution in [-0.4, -0.2) is 72.0 Å². The Hall–Kier alpha value is -0.600. The van der Waals surface area contributed by atoms with Gasteiger partial charge in [0, 0.05) is 44.1 Å². The van der Waals surface area contributed by atoms with Crippen molar-refractivity contribution in [2.75, 3.05) is 39.4 Å². The fourth-order valence-electron chi connectivity index (χ4n) is 4.58. The van der Waals surface area contributed by atoms with E-state index in [-0.39, 0.29) is 0 Å². The summed E-state index contributed by atoms with van der Waals surface area (Å²) in [6.45, 7) is 9.82. The predicted octanol–water partition coefficient (Wildman–Crippen LogP) is 1.73. The Morgan fingerprint density at radius 3 is 2.65 bits per heavy atom. The largest absolute Gasteiger partial charge is 0.379 e. The highest BCUT2D eigenvalue weighted by atomic mass is 16.5. The molecule has 2 heterocycles. The minimum absolute atomic E-state index is 0.324. The van der Waals surface area contributed by atoms with Crippen LogP contribution in [0, 0.1) is 17.8 Å². The molecule has 0 aromatic heterocycles. The fourth-order valence-corrected chi connectivity index (χ4v) is 4.58. The number of hydrogen-bond donors (Lipinski definition) is 1. The smallest absolute Gasteiger partial charge is 0.131 e. The lowest BCUT2D eigenvalue weighted by molar-refractivity contribution is -0.0871. The van der Waals surface area contributed by atoms with E-state index in [0.29, 0.717) is 18.0 Å². The second-order valence-electron chi connectivity index (χ2n) is 7.65. The van der Waals surface area contributed by atoms with Crippen LogP contribution in [0.25, 0.3) is 0 Å². The van der Waals surface area contributed by atoms with Crippen LogP contribution >= 0.6 is 0 Å². The third kappa shape index (κ3) is 3.91. The Labute approximate surface area is 141 Å². The lowest BCUT2D eigenvalue weighted by Gasteiger charge is -2.52. The van der Waals surface area contributed by atoms with Gasteiger partial charge in [-0.25, -0.2) is 0 Å². The highest BCUT2D eigenvalue weighted by Gasteiger charge is 2.47. The van der Waals surface area contributed by atoms with Crippen molar-refractivity contribution in [3.05, 3.63) is 0 Å². The normalized spacial score (nSPS) is 36.3. The van der Waals surface area contributed by atoms with Gasteiger partial charge in [0.1, 0.15) is 5.60 Å². The first-order valence-electron chi connectivity index (χ1n) is 9.38. The number of morpholine rings is 1. The monoisotopic (exact) mass is 320 g/mol. The molecule has 130 valence electrons. The summed E-state index contributed by atoms with van der Waals surface area (Å²) in [7, 11) is 0. The van der Waals surface area contributed by atoms with Crippen LogP contribution < -0.4 is 0 Å². The topological polar surface area (TPSA) is 35.9 Å². The van der Waals surface area contributed by atoms with Crippen molar-refractivity contribution in [2.45, 2.75) is 63.6 Å². The maximum absolute atomic E-state index is 11.3. The third-order valence-electron chi connectivity index (χ3n) is 5.89. The number of piperidine rings is 1. The van der Waals surface area contributed by atoms with Crippen molar-refractivity contribution in [1.29, 1.82) is 0 Å². The molecule has 0 radical (unpaired) electrons. The molecule has 3 aliphatic rings. The molecule has 3 rings (SSSR count). The van der Waals surface area contributed by atoms with Gasteiger partial charge in [0.15, 0.2) is 0 Å². The van der Waals surface area contributed by atoms with Crippen molar-refractivity contribution in [3.63, 3.8) is 0 Å². The van der Waals surface area contributed by atoms with E-state index >= 15 is 0 Å². The summed E-state index contributed by atoms with van der Waals surface area (Å²) < 4.78 is 5.38. The van der Waals surface area contributed by atoms with E-state index in [0.717, 1.165) is 52.2 Å². The SMILES string of the molecule is CC(C)N1CC[C@@](O)(C#CCN2CCOCC2)[C@H]2CCCC[C@@H]21. The summed E-state index contributed by atoms with van der Waals surface area (Å²) in [6, 6.07) is 1.08. The van der Waals surface area contributed by atoms with E-state index < -0.39 is 5.60 Å². The van der Waals surface area contributed by atoms with Crippen LogP contribution in [0.1, 0.15) is 46.0 Å². The molecule has 0 aromatic carbocycles. The summed E-state index contributed by atoms with van der Waals surface area (Å²) in [5, 5.41) is 11.3. The highest BCUT2D eigenvalue weighted by Crippen LogP contribution is 2.41. The molecule has 4 heteroatoms. The molecule has 0 unspecified atom stereocenters. The van der Waals surface area contributed by atoms with Gasteiger partial charge < -0.3 is 9.84 Å². The van der Waals surface area contributed by atoms with Gasteiger partial charge in [-0.1, -0.05) is 24.7 Å². The number of likely N-dealkylation sites (tertiary alicyclic amines) is 1. The van der Waals surface area contributed by atoms with E-state index in [1.807, 2.05) is 0 Å². The first-order valence-corrected chi connectivity index (χ1v) is 9.38. The Morgan fingerprint density at radius 2 is 1.91 bits per heavy atom. The molecular weight excluding hydrogens is 288 g/mol. The third-order valence-corrected chi connectivity index (χ3v) is 5.89. The first-order chi connectivity index (χ1) is 11.1. The number of aliphatic hydroxyl groups is 1. The number of nitrogens with zero attached hydrogens (tertiary/aromatic N) is 2. The van der Waals surface area contributed by atoms with E-state index in [9.17, 15) is 5.11 Å². The highest BCUT2D eigenvalue weighted by molar-refractivity contribution is 5.21. The molecule has 1 N–H and O–H groups in total. The van der Waals surface area contributed by atoms with Gasteiger partial charge in [-0.05, 0) is 26.7 Å². The molecule has 0 amide bonds. The number of rotatable bonds is 2. The van der Waals surface area contributed by atoms with Gasteiger partial charge in [0.2, 0.25) is 0 Å². The average molecular weight is 320 g/mol. The van der Waals surface area contributed by atoms with E-state index in [2.05, 4.69) is 35.5 Å². The van der Waals surface area contributed by atoms with Gasteiger partial charge in [0.25, 0.3) is 0 Å². The van der Waals surface area contributed by atoms with Crippen molar-refractivity contribution in [1.82, 2.24) is 9.80 Å². The minimum Gasteiger partial charge on any atom is -0.379 e. The molecule has 4 nitrogen and oxygen atoms in total. The van der Waals surface area contributed by atoms with E-state index in [4.69, 9.17) is 4.74 Å². The molecule has 3 atom stereocenters. The molecule has 23 heavy (non-hydrogen) atoms. The molecule has 0 bridgehead atoms. The van der Waals surface area contributed by atoms with Crippen LogP contribution in [0.2, 0.25) is 0 Å². The number of fused-ring (bicyclic) bond motifs is 1. The zero-order chi connectivity index (χ0) is 16.3. The number of ether oxygens (including phenoxy) is 1. The zero-order valence-corrected chi connectivity index (χ0v) is 14.8. The lowest BCUT2D eigenvalue weighted by Crippen LogP contribution is -2.60. The zero-order valence-electron chi connectivity index (χ0n) is 14.8. The second kappa shape index (κ2) is 7.53. The lowest BCUT2D eigenvalue weighted by atomic mass is 9.69. The van der Waals surface area contributed by atoms with E-state index in [1.54, 1.807) is 0 Å². The molecule has 3 fully saturated rings. The van der Waals surface area contributed by atoms with Gasteiger partial charge in [-0.2, -0.15) is 0 Å². The minimum atomic E-state index is -0.775. The molecule has 1 saturated carbocycles. The van der Waals surface area contributed by atoms with Gasteiger partial charge in [-0.15, -0.1) is 0 Å². The maximum Gasteiger partial charge on any atom is 0.131 e. The predicted molar refractivity (Wildman–Crippen MR) is 92.2 cm³/mol. The van der Waals surface area contributed by atoms with Crippen LogP contribution in [0.15, 0.2) is 0 Å². The van der Waals surface area contributed by atoms with Crippen LogP contribution in [0.4, 0.5) is 0 Å². The quantitative estimate of drug-likeness (QED) is 0.786. The molecule has 0 aromatic rings. The van der Waals surface area contributed by atoms with E-state index in [1.165, 1.54) is 19.3 Å². The summed E-state index contributed by atoms with van der Waals surface area (Å²) in [5.74, 6) is 6.92. The first kappa shape index (κ1) is 17.2. The van der Waals surface area contributed by atoms with Crippen molar-refractivity contribution in [2.24, 2.45) is 5.92 Å². The molecule has 2 saturated heterocycles. The molecule has 2 aliphatic heterocycles. The Bertz CT molecular complexity index is 450. The summed E-state index contributed by atoms with van der Waals surface area (Å²) in [6.07, 6.45) is 5.66. The maximum atomic E-state index is 11.3. The van der Waals surface area contributed by atoms with Crippen LogP contribution in [0.3, 0.4) is 0 Å². The number of hydrogen-bond acceptors (Lipinski definition) is 4. The van der Waals surface area contributed by atoms with Gasteiger partial charge in [0.05, 0.1) is 19.8 Å². The molecule has 1 aliphatic carbocycles. The molecule has 0 spiro atoms. The summed E-state index contributed by atoms with van der Waals surface area (Å²) in [5.41, 5.74) is -0.775. The fraction of sp³-hybridized carbons (Fsp3) is 0.895. The van der Waals surface area contributed by atoms with Crippen LogP contribution in [0.5, 0.6) is 0 Å². The van der Waals surface area contributed by atoms with Crippen LogP contribution in [-0.2, 0) is 4.74 Å². The Balaban J connectivity index is 1.67. The standard InChI is InChI=1S/C19H32N2O2/c1-16(2)21-11-9-19(22,17-6-3-4-7-18(17)21)8-5-10-20-12-14-23-15-13-20/h16-18,22H,3-4,6-7,9-15H2,1-2H3/t17-,18-,19-/m0/s1. The summed E-state index contributed by atoms with van der Waals surface area (Å²) >= 11 is 0. The average Bonchev–Trinajstić information content (AvgIpc) is 2.56. The van der Waals surface area contributed by atoms with Crippen molar-refractivity contribution < 1.29 is 9.84 Å². The molecular formula is C19H32N2O2.